The maximum Gasteiger partial charge on any atom is 0.214 e. The fraction of sp³-hybridized carbons (Fsp3) is 0.400. The number of likely N-dealkylation sites (N-methyl/N-ethyl adjacent to an activating group) is 1. The Balaban J connectivity index is 1.67. The van der Waals surface area contributed by atoms with Crippen molar-refractivity contribution in [3.05, 3.63) is 30.6 Å². The first-order valence-corrected chi connectivity index (χ1v) is 9.47. The molecule has 0 radical (unpaired) electrons. The minimum absolute atomic E-state index is 0.0507. The van der Waals surface area contributed by atoms with Crippen molar-refractivity contribution in [3.8, 4) is 17.1 Å². The normalized spacial score (nSPS) is 17.5. The van der Waals surface area contributed by atoms with Gasteiger partial charge in [0.2, 0.25) is 5.88 Å². The topological polar surface area (TPSA) is 96.0 Å². The molecule has 3 aromatic heterocycles. The number of piperidine rings is 1. The van der Waals surface area contributed by atoms with Crippen molar-refractivity contribution >= 4 is 22.5 Å². The van der Waals surface area contributed by atoms with Crippen LogP contribution >= 0.6 is 0 Å². The van der Waals surface area contributed by atoms with E-state index in [0.717, 1.165) is 28.0 Å². The van der Waals surface area contributed by atoms with E-state index < -0.39 is 0 Å². The highest BCUT2D eigenvalue weighted by Crippen LogP contribution is 2.30. The number of pyridine rings is 2. The number of hydrogen-bond donors (Lipinski definition) is 2. The minimum Gasteiger partial charge on any atom is -0.475 e. The Kier molecular flexibility index (Phi) is 4.95. The van der Waals surface area contributed by atoms with Gasteiger partial charge in [0.25, 0.3) is 0 Å². The molecule has 1 aliphatic heterocycles. The second-order valence-corrected chi connectivity index (χ2v) is 7.21. The summed E-state index contributed by atoms with van der Waals surface area (Å²) in [5.41, 5.74) is 2.63. The summed E-state index contributed by atoms with van der Waals surface area (Å²) in [6, 6.07) is 5.70. The number of aromatic amines is 1. The Morgan fingerprint density at radius 3 is 2.96 bits per heavy atom. The Morgan fingerprint density at radius 2 is 2.18 bits per heavy atom. The van der Waals surface area contributed by atoms with Crippen molar-refractivity contribution in [1.29, 1.82) is 0 Å². The molecule has 0 spiro atoms. The van der Waals surface area contributed by atoms with E-state index in [9.17, 15) is 4.79 Å². The van der Waals surface area contributed by atoms with Crippen molar-refractivity contribution in [2.45, 2.75) is 32.4 Å². The van der Waals surface area contributed by atoms with Gasteiger partial charge in [0.1, 0.15) is 11.5 Å². The zero-order valence-corrected chi connectivity index (χ0v) is 16.3. The molecule has 1 atom stereocenters. The number of hydrogen-bond acceptors (Lipinski definition) is 7. The molecule has 4 heterocycles. The van der Waals surface area contributed by atoms with E-state index >= 15 is 0 Å². The predicted molar refractivity (Wildman–Crippen MR) is 108 cm³/mol. The van der Waals surface area contributed by atoms with Crippen LogP contribution in [0.5, 0.6) is 5.88 Å². The van der Waals surface area contributed by atoms with Crippen molar-refractivity contribution in [3.63, 3.8) is 0 Å². The number of carbonyl (C=O) groups excluding carboxylic acids is 1. The number of nitrogens with one attached hydrogen (secondary N) is 2. The summed E-state index contributed by atoms with van der Waals surface area (Å²) < 4.78 is 5.72. The molecule has 0 aliphatic carbocycles. The van der Waals surface area contributed by atoms with Gasteiger partial charge in [-0.15, -0.1) is 0 Å². The van der Waals surface area contributed by atoms with Crippen molar-refractivity contribution < 1.29 is 9.53 Å². The number of Topliss-reactive ketones (excluding diaryl/α,β-unsaturated/α-hetero) is 1. The summed E-state index contributed by atoms with van der Waals surface area (Å²) in [6.07, 6.45) is 4.08. The number of ether oxygens (including phenoxy) is 1. The summed E-state index contributed by atoms with van der Waals surface area (Å²) in [5, 5.41) is 11.5. The number of aromatic nitrogens is 4. The lowest BCUT2D eigenvalue weighted by atomic mass is 10.0. The van der Waals surface area contributed by atoms with Gasteiger partial charge < -0.3 is 15.0 Å². The number of anilines is 1. The highest BCUT2D eigenvalue weighted by Gasteiger charge is 2.26. The van der Waals surface area contributed by atoms with E-state index in [0.29, 0.717) is 25.4 Å². The number of ketones is 1. The van der Waals surface area contributed by atoms with Crippen molar-refractivity contribution in [2.75, 3.05) is 25.0 Å². The molecule has 8 nitrogen and oxygen atoms in total. The van der Waals surface area contributed by atoms with E-state index in [1.165, 1.54) is 0 Å². The smallest absolute Gasteiger partial charge is 0.214 e. The summed E-state index contributed by atoms with van der Waals surface area (Å²) in [4.78, 5) is 22.9. The van der Waals surface area contributed by atoms with Gasteiger partial charge in [-0.05, 0) is 33.0 Å². The molecular formula is C20H24N6O2. The van der Waals surface area contributed by atoms with Gasteiger partial charge in [-0.1, -0.05) is 0 Å². The van der Waals surface area contributed by atoms with Crippen molar-refractivity contribution in [2.24, 2.45) is 0 Å². The lowest BCUT2D eigenvalue weighted by Gasteiger charge is -2.32. The molecule has 3 aromatic rings. The van der Waals surface area contributed by atoms with Crippen LogP contribution in [0.2, 0.25) is 0 Å². The Labute approximate surface area is 163 Å². The van der Waals surface area contributed by atoms with E-state index in [1.54, 1.807) is 12.4 Å². The highest BCUT2D eigenvalue weighted by molar-refractivity contribution is 5.93. The Bertz CT molecular complexity index is 999. The quantitative estimate of drug-likeness (QED) is 0.700. The van der Waals surface area contributed by atoms with Crippen LogP contribution in [-0.4, -0.2) is 58.2 Å². The van der Waals surface area contributed by atoms with Crippen LogP contribution in [0.15, 0.2) is 30.6 Å². The van der Waals surface area contributed by atoms with Crippen molar-refractivity contribution in [1.82, 2.24) is 25.5 Å². The maximum absolute atomic E-state index is 12.0. The van der Waals surface area contributed by atoms with E-state index in [-0.39, 0.29) is 17.9 Å². The lowest BCUT2D eigenvalue weighted by molar-refractivity contribution is -0.121. The summed E-state index contributed by atoms with van der Waals surface area (Å²) >= 11 is 0. The molecule has 0 bridgehead atoms. The van der Waals surface area contributed by atoms with E-state index in [4.69, 9.17) is 4.74 Å². The molecule has 146 valence electrons. The van der Waals surface area contributed by atoms with Gasteiger partial charge in [-0.3, -0.25) is 9.89 Å². The minimum atomic E-state index is -0.160. The van der Waals surface area contributed by atoms with Crippen LogP contribution in [0.3, 0.4) is 0 Å². The second-order valence-electron chi connectivity index (χ2n) is 7.21. The fourth-order valence-corrected chi connectivity index (χ4v) is 3.46. The average molecular weight is 380 g/mol. The molecule has 1 aliphatic rings. The highest BCUT2D eigenvalue weighted by atomic mass is 16.5. The number of nitrogens with zero attached hydrogens (tertiary/aromatic N) is 4. The molecule has 1 unspecified atom stereocenters. The predicted octanol–water partition coefficient (Wildman–Crippen LogP) is 2.17. The summed E-state index contributed by atoms with van der Waals surface area (Å²) in [6.45, 7) is 5.23. The maximum atomic E-state index is 12.0. The molecule has 1 fully saturated rings. The largest absolute Gasteiger partial charge is 0.475 e. The van der Waals surface area contributed by atoms with E-state index in [2.05, 4.69) is 30.4 Å². The summed E-state index contributed by atoms with van der Waals surface area (Å²) in [5.74, 6) is 1.67. The zero-order chi connectivity index (χ0) is 19.7. The first-order valence-electron chi connectivity index (χ1n) is 9.47. The van der Waals surface area contributed by atoms with Crippen LogP contribution in [0, 0.1) is 0 Å². The second kappa shape index (κ2) is 7.55. The SMILES string of the molecule is CNC1CN(c2cc(-c3n[nH]c4cnc(OC(C)C)cc34)ccn2)CCC1=O. The first kappa shape index (κ1) is 18.4. The number of carbonyl (C=O) groups is 1. The third-order valence-corrected chi connectivity index (χ3v) is 4.89. The molecule has 4 rings (SSSR count). The lowest BCUT2D eigenvalue weighted by Crippen LogP contribution is -2.50. The Morgan fingerprint density at radius 1 is 1.32 bits per heavy atom. The van der Waals surface area contributed by atoms with Gasteiger partial charge >= 0.3 is 0 Å². The standard InChI is InChI=1S/C20H24N6O2/c1-12(2)28-19-9-14-15(10-23-19)24-25-20(14)13-4-6-22-18(8-13)26-7-5-17(27)16(11-26)21-3/h4,6,8-10,12,16,21H,5,7,11H2,1-3H3,(H,24,25). The molecule has 0 amide bonds. The third kappa shape index (κ3) is 3.55. The van der Waals surface area contributed by atoms with Crippen LogP contribution in [0.1, 0.15) is 20.3 Å². The molecule has 28 heavy (non-hydrogen) atoms. The molecule has 0 saturated carbocycles. The molecule has 0 aromatic carbocycles. The van der Waals surface area contributed by atoms with Gasteiger partial charge in [0, 0.05) is 42.7 Å². The molecule has 1 saturated heterocycles. The molecule has 8 heteroatoms. The number of fused-ring (bicyclic) bond motifs is 1. The van der Waals surface area contributed by atoms with Crippen LogP contribution in [-0.2, 0) is 4.79 Å². The molecule has 2 N–H and O–H groups in total. The Hall–Kier alpha value is -3.00. The summed E-state index contributed by atoms with van der Waals surface area (Å²) in [7, 11) is 1.82. The monoisotopic (exact) mass is 380 g/mol. The zero-order valence-electron chi connectivity index (χ0n) is 16.3. The fourth-order valence-electron chi connectivity index (χ4n) is 3.46. The van der Waals surface area contributed by atoms with Gasteiger partial charge in [0.05, 0.1) is 23.9 Å². The number of H-pyrrole nitrogens is 1. The van der Waals surface area contributed by atoms with Crippen LogP contribution in [0.4, 0.5) is 5.82 Å². The number of rotatable bonds is 5. The van der Waals surface area contributed by atoms with Crippen LogP contribution in [0.25, 0.3) is 22.2 Å². The first-order chi connectivity index (χ1) is 13.5. The molecular weight excluding hydrogens is 356 g/mol. The van der Waals surface area contributed by atoms with Gasteiger partial charge in [-0.25, -0.2) is 9.97 Å². The van der Waals surface area contributed by atoms with Gasteiger partial charge in [-0.2, -0.15) is 5.10 Å². The van der Waals surface area contributed by atoms with E-state index in [1.807, 2.05) is 39.1 Å². The third-order valence-electron chi connectivity index (χ3n) is 4.89. The average Bonchev–Trinajstić information content (AvgIpc) is 3.11. The van der Waals surface area contributed by atoms with Gasteiger partial charge in [0.15, 0.2) is 5.78 Å². The van der Waals surface area contributed by atoms with Crippen LogP contribution < -0.4 is 15.0 Å².